The maximum absolute atomic E-state index is 12.0. The molecule has 4 aromatic rings. The molecule has 6 nitrogen and oxygen atoms in total. The van der Waals surface area contributed by atoms with E-state index in [1.54, 1.807) is 12.3 Å². The summed E-state index contributed by atoms with van der Waals surface area (Å²) in [5.41, 5.74) is 11.7. The van der Waals surface area contributed by atoms with Gasteiger partial charge in [-0.15, -0.1) is 0 Å². The molecule has 0 radical (unpaired) electrons. The van der Waals surface area contributed by atoms with Gasteiger partial charge in [-0.3, -0.25) is 4.98 Å². The van der Waals surface area contributed by atoms with Gasteiger partial charge in [-0.25, -0.2) is 4.79 Å². The van der Waals surface area contributed by atoms with Crippen molar-refractivity contribution in [2.45, 2.75) is 33.1 Å². The van der Waals surface area contributed by atoms with Crippen LogP contribution in [0, 0.1) is 6.92 Å². The Morgan fingerprint density at radius 1 is 1.19 bits per heavy atom. The first-order valence-electron chi connectivity index (χ1n) is 10.6. The molecular weight excluding hydrogens is 390 g/mol. The van der Waals surface area contributed by atoms with Gasteiger partial charge in [0.15, 0.2) is 0 Å². The lowest BCUT2D eigenvalue weighted by molar-refractivity contribution is 0.0699. The molecule has 0 aliphatic heterocycles. The quantitative estimate of drug-likeness (QED) is 0.348. The summed E-state index contributed by atoms with van der Waals surface area (Å²) in [6.45, 7) is 5.11. The fourth-order valence-electron chi connectivity index (χ4n) is 4.25. The Bertz CT molecular complexity index is 1260. The summed E-state index contributed by atoms with van der Waals surface area (Å²) in [6.07, 6.45) is 4.27. The predicted molar refractivity (Wildman–Crippen MR) is 124 cm³/mol. The highest BCUT2D eigenvalue weighted by Crippen LogP contribution is 2.39. The summed E-state index contributed by atoms with van der Waals surface area (Å²) in [7, 11) is 0. The molecule has 0 bridgehead atoms. The highest BCUT2D eigenvalue weighted by molar-refractivity contribution is 6.09. The van der Waals surface area contributed by atoms with E-state index in [4.69, 9.17) is 10.5 Å². The summed E-state index contributed by atoms with van der Waals surface area (Å²) in [4.78, 5) is 20.1. The zero-order chi connectivity index (χ0) is 22.0. The average Bonchev–Trinajstić information content (AvgIpc) is 3.14. The van der Waals surface area contributed by atoms with E-state index in [2.05, 4.69) is 9.97 Å². The zero-order valence-electron chi connectivity index (χ0n) is 17.9. The van der Waals surface area contributed by atoms with Crippen LogP contribution in [0.5, 0.6) is 5.75 Å². The van der Waals surface area contributed by atoms with Crippen LogP contribution in [0.25, 0.3) is 33.1 Å². The van der Waals surface area contributed by atoms with Crippen LogP contribution < -0.4 is 10.5 Å². The summed E-state index contributed by atoms with van der Waals surface area (Å²) >= 11 is 0. The maximum Gasteiger partial charge on any atom is 0.336 e. The molecule has 31 heavy (non-hydrogen) atoms. The number of benzene rings is 2. The van der Waals surface area contributed by atoms with Gasteiger partial charge in [-0.05, 0) is 75.0 Å². The molecule has 0 saturated carbocycles. The molecule has 0 unspecified atom stereocenters. The van der Waals surface area contributed by atoms with Crippen LogP contribution in [0.4, 0.5) is 0 Å². The van der Waals surface area contributed by atoms with Gasteiger partial charge < -0.3 is 20.6 Å². The van der Waals surface area contributed by atoms with Crippen molar-refractivity contribution in [1.29, 1.82) is 0 Å². The molecular formula is C25H27N3O3. The molecule has 2 aromatic carbocycles. The molecule has 0 spiro atoms. The lowest BCUT2D eigenvalue weighted by Crippen LogP contribution is -2.02. The number of fused-ring (bicyclic) bond motifs is 2. The molecule has 2 heterocycles. The molecule has 6 heteroatoms. The van der Waals surface area contributed by atoms with Crippen molar-refractivity contribution in [2.24, 2.45) is 5.73 Å². The van der Waals surface area contributed by atoms with Crippen molar-refractivity contribution in [1.82, 2.24) is 9.97 Å². The zero-order valence-corrected chi connectivity index (χ0v) is 17.9. The number of carboxylic acid groups (broad SMARTS) is 1. The number of aryl methyl sites for hydroxylation is 2. The number of rotatable bonds is 8. The number of hydrogen-bond acceptors (Lipinski definition) is 4. The van der Waals surface area contributed by atoms with Crippen molar-refractivity contribution < 1.29 is 14.6 Å². The smallest absolute Gasteiger partial charge is 0.336 e. The number of nitrogens with two attached hydrogens (primary N) is 1. The molecule has 2 aromatic heterocycles. The number of pyridine rings is 1. The van der Waals surface area contributed by atoms with Crippen LogP contribution in [0.1, 0.15) is 41.3 Å². The van der Waals surface area contributed by atoms with Crippen molar-refractivity contribution in [3.05, 3.63) is 59.3 Å². The molecule has 4 N–H and O–H groups in total. The second-order valence-corrected chi connectivity index (χ2v) is 7.65. The van der Waals surface area contributed by atoms with Gasteiger partial charge in [0.25, 0.3) is 0 Å². The number of aromatic carboxylic acids is 1. The molecule has 0 aliphatic carbocycles. The summed E-state index contributed by atoms with van der Waals surface area (Å²) in [5.74, 6) is -0.182. The Morgan fingerprint density at radius 3 is 2.77 bits per heavy atom. The van der Waals surface area contributed by atoms with Gasteiger partial charge in [0, 0.05) is 28.0 Å². The van der Waals surface area contributed by atoms with Gasteiger partial charge in [0.2, 0.25) is 0 Å². The van der Waals surface area contributed by atoms with Crippen LogP contribution >= 0.6 is 0 Å². The second-order valence-electron chi connectivity index (χ2n) is 7.65. The summed E-state index contributed by atoms with van der Waals surface area (Å²) in [5, 5.41) is 11.6. The Morgan fingerprint density at radius 2 is 2.03 bits per heavy atom. The highest BCUT2D eigenvalue weighted by Gasteiger charge is 2.22. The van der Waals surface area contributed by atoms with E-state index < -0.39 is 5.97 Å². The SMILES string of the molecule is CCOc1ccc(-c2[nH]c3c(C)ccc(C(=O)O)c3c2CCCCN)c2cccnc12. The summed E-state index contributed by atoms with van der Waals surface area (Å²) < 4.78 is 5.78. The molecule has 0 aliphatic rings. The third kappa shape index (κ3) is 3.75. The van der Waals surface area contributed by atoms with E-state index >= 15 is 0 Å². The van der Waals surface area contributed by atoms with E-state index in [1.807, 2.05) is 44.2 Å². The van der Waals surface area contributed by atoms with Crippen LogP contribution in [0.2, 0.25) is 0 Å². The van der Waals surface area contributed by atoms with Crippen molar-refractivity contribution >= 4 is 27.8 Å². The number of nitrogens with zero attached hydrogens (tertiary/aromatic N) is 1. The van der Waals surface area contributed by atoms with Crippen LogP contribution in [-0.4, -0.2) is 34.2 Å². The largest absolute Gasteiger partial charge is 0.492 e. The normalized spacial score (nSPS) is 11.3. The van der Waals surface area contributed by atoms with Gasteiger partial charge in [-0.2, -0.15) is 0 Å². The number of aromatic nitrogens is 2. The number of carboxylic acids is 1. The van der Waals surface area contributed by atoms with Crippen molar-refractivity contribution in [2.75, 3.05) is 13.2 Å². The number of carbonyl (C=O) groups is 1. The van der Waals surface area contributed by atoms with E-state index in [9.17, 15) is 9.90 Å². The van der Waals surface area contributed by atoms with E-state index in [0.717, 1.165) is 69.2 Å². The first-order valence-corrected chi connectivity index (χ1v) is 10.6. The lowest BCUT2D eigenvalue weighted by Gasteiger charge is -2.12. The van der Waals surface area contributed by atoms with Gasteiger partial charge in [0.1, 0.15) is 11.3 Å². The van der Waals surface area contributed by atoms with Gasteiger partial charge in [-0.1, -0.05) is 12.1 Å². The first kappa shape index (κ1) is 20.9. The fraction of sp³-hybridized carbons (Fsp3) is 0.280. The standard InChI is InChI=1S/C25H27N3O3/c1-3-31-20-12-11-17(16-8-6-14-27-24(16)20)23-18(7-4-5-13-26)21-19(25(29)30)10-9-15(2)22(21)28-23/h6,8-12,14,28H,3-5,7,13,26H2,1-2H3,(H,29,30). The number of nitrogens with one attached hydrogen (secondary N) is 1. The monoisotopic (exact) mass is 417 g/mol. The predicted octanol–water partition coefficient (Wildman–Crippen LogP) is 5.07. The molecule has 0 fully saturated rings. The Balaban J connectivity index is 2.03. The topological polar surface area (TPSA) is 101 Å². The highest BCUT2D eigenvalue weighted by atomic mass is 16.5. The van der Waals surface area contributed by atoms with Gasteiger partial charge in [0.05, 0.1) is 17.9 Å². The Hall–Kier alpha value is -3.38. The average molecular weight is 418 g/mol. The fourth-order valence-corrected chi connectivity index (χ4v) is 4.25. The minimum absolute atomic E-state index is 0.319. The Kier molecular flexibility index (Phi) is 5.91. The maximum atomic E-state index is 12.0. The third-order valence-corrected chi connectivity index (χ3v) is 5.68. The molecule has 0 amide bonds. The minimum atomic E-state index is -0.922. The van der Waals surface area contributed by atoms with Gasteiger partial charge >= 0.3 is 5.97 Å². The molecule has 0 saturated heterocycles. The van der Waals surface area contributed by atoms with Crippen LogP contribution in [-0.2, 0) is 6.42 Å². The van der Waals surface area contributed by atoms with E-state index in [1.165, 1.54) is 0 Å². The van der Waals surface area contributed by atoms with Crippen molar-refractivity contribution in [3.63, 3.8) is 0 Å². The molecule has 0 atom stereocenters. The van der Waals surface area contributed by atoms with E-state index in [-0.39, 0.29) is 0 Å². The first-order chi connectivity index (χ1) is 15.1. The lowest BCUT2D eigenvalue weighted by atomic mass is 9.95. The summed E-state index contributed by atoms with van der Waals surface area (Å²) in [6, 6.07) is 11.5. The van der Waals surface area contributed by atoms with E-state index in [0.29, 0.717) is 18.7 Å². The Labute approximate surface area is 181 Å². The van der Waals surface area contributed by atoms with Crippen LogP contribution in [0.15, 0.2) is 42.6 Å². The van der Waals surface area contributed by atoms with Crippen molar-refractivity contribution in [3.8, 4) is 17.0 Å². The minimum Gasteiger partial charge on any atom is -0.492 e. The number of hydrogen-bond donors (Lipinski definition) is 3. The number of aromatic amines is 1. The molecule has 4 rings (SSSR count). The number of H-pyrrole nitrogens is 1. The number of unbranched alkanes of at least 4 members (excludes halogenated alkanes) is 1. The third-order valence-electron chi connectivity index (χ3n) is 5.68. The van der Waals surface area contributed by atoms with Crippen LogP contribution in [0.3, 0.4) is 0 Å². The number of ether oxygens (including phenoxy) is 1. The molecule has 160 valence electrons. The second kappa shape index (κ2) is 8.78.